The molecule has 3 heteroatoms. The Hall–Kier alpha value is -1.74. The third-order valence-corrected chi connectivity index (χ3v) is 3.76. The molecular weight excluding hydrogens is 260 g/mol. The molecule has 0 fully saturated rings. The van der Waals surface area contributed by atoms with Gasteiger partial charge in [-0.05, 0) is 45.5 Å². The number of hydrogen-bond acceptors (Lipinski definition) is 3. The normalized spacial score (nSPS) is 10.9. The number of hydrogen-bond donors (Lipinski definition) is 1. The van der Waals surface area contributed by atoms with Crippen molar-refractivity contribution in [1.82, 2.24) is 5.32 Å². The van der Waals surface area contributed by atoms with Gasteiger partial charge < -0.3 is 14.6 Å². The molecule has 0 spiro atoms. The summed E-state index contributed by atoms with van der Waals surface area (Å²) in [4.78, 5) is 2.33. The summed E-state index contributed by atoms with van der Waals surface area (Å²) >= 11 is 0. The summed E-state index contributed by atoms with van der Waals surface area (Å²) in [5.41, 5.74) is 3.79. The van der Waals surface area contributed by atoms with Crippen LogP contribution in [-0.2, 0) is 13.1 Å². The largest absolute Gasteiger partial charge is 0.464 e. The number of furan rings is 1. The molecule has 0 saturated heterocycles. The van der Waals surface area contributed by atoms with E-state index in [4.69, 9.17) is 4.42 Å². The standard InChI is InChI=1S/C18H26N2O/c1-5-19-12-16-11-18(21-15(16)4)13-20(6-2)17-9-7-14(3)8-10-17/h7-11,19H,5-6,12-13H2,1-4H3. The zero-order valence-corrected chi connectivity index (χ0v) is 13.6. The predicted molar refractivity (Wildman–Crippen MR) is 88.7 cm³/mol. The molecule has 0 radical (unpaired) electrons. The van der Waals surface area contributed by atoms with Crippen LogP contribution < -0.4 is 10.2 Å². The van der Waals surface area contributed by atoms with Crippen molar-refractivity contribution in [2.24, 2.45) is 0 Å². The highest BCUT2D eigenvalue weighted by molar-refractivity contribution is 5.47. The molecule has 3 nitrogen and oxygen atoms in total. The Morgan fingerprint density at radius 1 is 1.10 bits per heavy atom. The Kier molecular flexibility index (Phi) is 5.45. The summed E-state index contributed by atoms with van der Waals surface area (Å²) in [6, 6.07) is 10.8. The highest BCUT2D eigenvalue weighted by Crippen LogP contribution is 2.21. The first-order valence-electron chi connectivity index (χ1n) is 7.74. The molecule has 1 aromatic heterocycles. The summed E-state index contributed by atoms with van der Waals surface area (Å²) in [5.74, 6) is 2.05. The zero-order chi connectivity index (χ0) is 15.2. The van der Waals surface area contributed by atoms with E-state index >= 15 is 0 Å². The van der Waals surface area contributed by atoms with Crippen LogP contribution in [0.5, 0.6) is 0 Å². The molecule has 0 saturated carbocycles. The lowest BCUT2D eigenvalue weighted by Gasteiger charge is -2.22. The van der Waals surface area contributed by atoms with Crippen molar-refractivity contribution in [3.8, 4) is 0 Å². The summed E-state index contributed by atoms with van der Waals surface area (Å²) < 4.78 is 5.91. The number of aryl methyl sites for hydroxylation is 2. The first-order chi connectivity index (χ1) is 10.1. The van der Waals surface area contributed by atoms with Gasteiger partial charge in [0.15, 0.2) is 0 Å². The molecule has 0 bridgehead atoms. The van der Waals surface area contributed by atoms with Gasteiger partial charge in [-0.3, -0.25) is 0 Å². The first-order valence-corrected chi connectivity index (χ1v) is 7.74. The number of nitrogens with zero attached hydrogens (tertiary/aromatic N) is 1. The number of rotatable bonds is 7. The van der Waals surface area contributed by atoms with Crippen LogP contribution in [0.2, 0.25) is 0 Å². The van der Waals surface area contributed by atoms with Crippen LogP contribution >= 0.6 is 0 Å². The van der Waals surface area contributed by atoms with Crippen molar-refractivity contribution in [2.45, 2.75) is 40.8 Å². The minimum atomic E-state index is 0.812. The fourth-order valence-electron chi connectivity index (χ4n) is 2.43. The van der Waals surface area contributed by atoms with E-state index in [1.165, 1.54) is 16.8 Å². The van der Waals surface area contributed by atoms with Gasteiger partial charge >= 0.3 is 0 Å². The Labute approximate surface area is 128 Å². The lowest BCUT2D eigenvalue weighted by atomic mass is 10.2. The fraction of sp³-hybridized carbons (Fsp3) is 0.444. The molecule has 0 unspecified atom stereocenters. The van der Waals surface area contributed by atoms with Crippen molar-refractivity contribution in [3.63, 3.8) is 0 Å². The van der Waals surface area contributed by atoms with Crippen LogP contribution in [0.3, 0.4) is 0 Å². The molecule has 1 N–H and O–H groups in total. The van der Waals surface area contributed by atoms with Crippen molar-refractivity contribution in [1.29, 1.82) is 0 Å². The Bertz CT molecular complexity index is 557. The summed E-state index contributed by atoms with van der Waals surface area (Å²) in [6.07, 6.45) is 0. The van der Waals surface area contributed by atoms with Gasteiger partial charge in [-0.25, -0.2) is 0 Å². The summed E-state index contributed by atoms with van der Waals surface area (Å²) in [7, 11) is 0. The van der Waals surface area contributed by atoms with Gasteiger partial charge in [0.2, 0.25) is 0 Å². The molecule has 0 atom stereocenters. The van der Waals surface area contributed by atoms with E-state index in [0.29, 0.717) is 0 Å². The molecule has 0 amide bonds. The van der Waals surface area contributed by atoms with Crippen LogP contribution in [0.4, 0.5) is 5.69 Å². The summed E-state index contributed by atoms with van der Waals surface area (Å²) in [5, 5.41) is 3.35. The molecule has 1 heterocycles. The molecule has 0 aliphatic heterocycles. The molecule has 1 aromatic carbocycles. The number of anilines is 1. The van der Waals surface area contributed by atoms with Gasteiger partial charge in [0, 0.05) is 24.3 Å². The molecule has 21 heavy (non-hydrogen) atoms. The van der Waals surface area contributed by atoms with Crippen molar-refractivity contribution >= 4 is 5.69 Å². The maximum atomic E-state index is 5.91. The molecule has 2 aromatic rings. The van der Waals surface area contributed by atoms with Gasteiger partial charge in [-0.15, -0.1) is 0 Å². The van der Waals surface area contributed by atoms with Gasteiger partial charge in [-0.1, -0.05) is 24.6 Å². The van der Waals surface area contributed by atoms with Crippen LogP contribution in [0, 0.1) is 13.8 Å². The van der Waals surface area contributed by atoms with E-state index in [9.17, 15) is 0 Å². The zero-order valence-electron chi connectivity index (χ0n) is 13.6. The molecule has 0 aliphatic rings. The molecular formula is C18H26N2O. The average Bonchev–Trinajstić information content (AvgIpc) is 2.83. The fourth-order valence-corrected chi connectivity index (χ4v) is 2.43. The van der Waals surface area contributed by atoms with Crippen LogP contribution in [0.15, 0.2) is 34.7 Å². The van der Waals surface area contributed by atoms with Gasteiger partial charge in [0.05, 0.1) is 6.54 Å². The third kappa shape index (κ3) is 4.11. The van der Waals surface area contributed by atoms with Crippen LogP contribution in [-0.4, -0.2) is 13.1 Å². The predicted octanol–water partition coefficient (Wildman–Crippen LogP) is 4.03. The monoisotopic (exact) mass is 286 g/mol. The second kappa shape index (κ2) is 7.32. The minimum Gasteiger partial charge on any atom is -0.464 e. The number of benzene rings is 1. The van der Waals surface area contributed by atoms with Gasteiger partial charge in [-0.2, -0.15) is 0 Å². The van der Waals surface area contributed by atoms with Crippen LogP contribution in [0.1, 0.15) is 36.5 Å². The van der Waals surface area contributed by atoms with Crippen molar-refractivity contribution < 1.29 is 4.42 Å². The van der Waals surface area contributed by atoms with E-state index in [-0.39, 0.29) is 0 Å². The quantitative estimate of drug-likeness (QED) is 0.833. The van der Waals surface area contributed by atoms with E-state index in [0.717, 1.165) is 37.7 Å². The van der Waals surface area contributed by atoms with Crippen LogP contribution in [0.25, 0.3) is 0 Å². The smallest absolute Gasteiger partial charge is 0.123 e. The number of nitrogens with one attached hydrogen (secondary N) is 1. The van der Waals surface area contributed by atoms with Crippen molar-refractivity contribution in [3.05, 3.63) is 53.0 Å². The maximum Gasteiger partial charge on any atom is 0.123 e. The second-order valence-electron chi connectivity index (χ2n) is 5.42. The Morgan fingerprint density at radius 3 is 2.43 bits per heavy atom. The van der Waals surface area contributed by atoms with Gasteiger partial charge in [0.25, 0.3) is 0 Å². The molecule has 0 aliphatic carbocycles. The second-order valence-corrected chi connectivity index (χ2v) is 5.42. The highest BCUT2D eigenvalue weighted by Gasteiger charge is 2.11. The first kappa shape index (κ1) is 15.6. The van der Waals surface area contributed by atoms with Crippen molar-refractivity contribution in [2.75, 3.05) is 18.0 Å². The van der Waals surface area contributed by atoms with E-state index in [1.54, 1.807) is 0 Å². The molecule has 2 rings (SSSR count). The Balaban J connectivity index is 2.09. The van der Waals surface area contributed by atoms with E-state index in [2.05, 4.69) is 61.3 Å². The van der Waals surface area contributed by atoms with E-state index < -0.39 is 0 Å². The minimum absolute atomic E-state index is 0.812. The third-order valence-electron chi connectivity index (χ3n) is 3.76. The maximum absolute atomic E-state index is 5.91. The highest BCUT2D eigenvalue weighted by atomic mass is 16.3. The lowest BCUT2D eigenvalue weighted by molar-refractivity contribution is 0.475. The SMILES string of the molecule is CCNCc1cc(CN(CC)c2ccc(C)cc2)oc1C. The topological polar surface area (TPSA) is 28.4 Å². The molecule has 114 valence electrons. The average molecular weight is 286 g/mol. The van der Waals surface area contributed by atoms with E-state index in [1.807, 2.05) is 6.92 Å². The Morgan fingerprint density at radius 2 is 1.81 bits per heavy atom. The lowest BCUT2D eigenvalue weighted by Crippen LogP contribution is -2.21. The van der Waals surface area contributed by atoms with Gasteiger partial charge in [0.1, 0.15) is 11.5 Å². The summed E-state index contributed by atoms with van der Waals surface area (Å²) in [6.45, 7) is 12.1.